The zero-order valence-corrected chi connectivity index (χ0v) is 10.5. The van der Waals surface area contributed by atoms with Gasteiger partial charge in [0.1, 0.15) is 5.69 Å². The van der Waals surface area contributed by atoms with E-state index in [4.69, 9.17) is 5.11 Å². The van der Waals surface area contributed by atoms with E-state index in [1.54, 1.807) is 12.1 Å². The molecule has 1 N–H and O–H groups in total. The molecule has 0 saturated heterocycles. The minimum atomic E-state index is -1.10. The van der Waals surface area contributed by atoms with E-state index in [1.165, 1.54) is 23.9 Å². The van der Waals surface area contributed by atoms with Crippen molar-refractivity contribution in [1.82, 2.24) is 4.98 Å². The highest BCUT2D eigenvalue weighted by Gasteiger charge is 2.07. The Morgan fingerprint density at radius 3 is 2.68 bits per heavy atom. The number of hydrogen-bond donors (Lipinski definition) is 1. The minimum Gasteiger partial charge on any atom is -0.477 e. The van der Waals surface area contributed by atoms with Crippen molar-refractivity contribution < 1.29 is 18.7 Å². The lowest BCUT2D eigenvalue weighted by molar-refractivity contribution is 0.0690. The van der Waals surface area contributed by atoms with Crippen molar-refractivity contribution in [2.45, 2.75) is 10.6 Å². The van der Waals surface area contributed by atoms with Gasteiger partial charge in [0, 0.05) is 10.6 Å². The first-order valence-electron chi connectivity index (χ1n) is 5.33. The van der Waals surface area contributed by atoms with Gasteiger partial charge in [-0.3, -0.25) is 0 Å². The van der Waals surface area contributed by atoms with E-state index in [0.29, 0.717) is 16.3 Å². The topological polar surface area (TPSA) is 50.2 Å². The highest BCUT2D eigenvalue weighted by molar-refractivity contribution is 7.98. The molecule has 19 heavy (non-hydrogen) atoms. The average molecular weight is 281 g/mol. The zero-order valence-electron chi connectivity index (χ0n) is 9.64. The fraction of sp³-hybridized carbons (Fsp3) is 0.0769. The predicted molar refractivity (Wildman–Crippen MR) is 67.1 cm³/mol. The number of carboxylic acid groups (broad SMARTS) is 1. The van der Waals surface area contributed by atoms with Crippen molar-refractivity contribution in [2.75, 3.05) is 0 Å². The fourth-order valence-corrected chi connectivity index (χ4v) is 2.23. The largest absolute Gasteiger partial charge is 0.477 e. The Hall–Kier alpha value is -1.95. The van der Waals surface area contributed by atoms with Crippen molar-refractivity contribution in [1.29, 1.82) is 0 Å². The summed E-state index contributed by atoms with van der Waals surface area (Å²) >= 11 is 1.25. The molecular weight excluding hydrogens is 272 g/mol. The predicted octanol–water partition coefficient (Wildman–Crippen LogP) is 3.35. The first kappa shape index (κ1) is 13.5. The summed E-state index contributed by atoms with van der Waals surface area (Å²) in [6, 6.07) is 8.29. The lowest BCUT2D eigenvalue weighted by atomic mass is 10.3. The van der Waals surface area contributed by atoms with E-state index in [1.807, 2.05) is 0 Å². The Labute approximate surface area is 112 Å². The van der Waals surface area contributed by atoms with E-state index in [0.717, 1.165) is 12.1 Å². The fourth-order valence-electron chi connectivity index (χ4n) is 1.40. The summed E-state index contributed by atoms with van der Waals surface area (Å²) in [6.07, 6.45) is 0. The highest BCUT2D eigenvalue weighted by Crippen LogP contribution is 2.23. The minimum absolute atomic E-state index is 0.0385. The van der Waals surface area contributed by atoms with Gasteiger partial charge in [-0.25, -0.2) is 18.6 Å². The molecule has 98 valence electrons. The summed E-state index contributed by atoms with van der Waals surface area (Å²) in [5.74, 6) is -2.51. The number of benzene rings is 1. The number of aromatic nitrogens is 1. The van der Waals surface area contributed by atoms with E-state index < -0.39 is 17.6 Å². The first-order valence-corrected chi connectivity index (χ1v) is 6.32. The van der Waals surface area contributed by atoms with Crippen molar-refractivity contribution in [3.05, 3.63) is 59.4 Å². The number of nitrogens with zero attached hydrogens (tertiary/aromatic N) is 1. The van der Waals surface area contributed by atoms with Gasteiger partial charge in [0.2, 0.25) is 0 Å². The van der Waals surface area contributed by atoms with Crippen molar-refractivity contribution in [3.8, 4) is 0 Å². The Balaban J connectivity index is 2.07. The molecule has 0 unspecified atom stereocenters. The SMILES string of the molecule is O=C(O)c1cccc(CSc2ccc(F)c(F)c2)n1. The maximum atomic E-state index is 13.0. The summed E-state index contributed by atoms with van der Waals surface area (Å²) in [5.41, 5.74) is 0.526. The number of thioether (sulfide) groups is 1. The van der Waals surface area contributed by atoms with Crippen LogP contribution in [-0.4, -0.2) is 16.1 Å². The molecule has 6 heteroatoms. The van der Waals surface area contributed by atoms with Gasteiger partial charge in [0.05, 0.1) is 5.69 Å². The second-order valence-corrected chi connectivity index (χ2v) is 4.73. The van der Waals surface area contributed by atoms with Crippen LogP contribution in [0, 0.1) is 11.6 Å². The molecule has 2 rings (SSSR count). The second kappa shape index (κ2) is 5.79. The van der Waals surface area contributed by atoms with Gasteiger partial charge < -0.3 is 5.11 Å². The maximum absolute atomic E-state index is 13.0. The number of pyridine rings is 1. The van der Waals surface area contributed by atoms with Crippen LogP contribution in [0.2, 0.25) is 0 Å². The molecule has 0 amide bonds. The monoisotopic (exact) mass is 281 g/mol. The summed E-state index contributed by atoms with van der Waals surface area (Å²) < 4.78 is 25.7. The zero-order chi connectivity index (χ0) is 13.8. The maximum Gasteiger partial charge on any atom is 0.354 e. The Bertz CT molecular complexity index is 619. The molecule has 1 aromatic carbocycles. The third kappa shape index (κ3) is 3.51. The molecule has 0 bridgehead atoms. The number of halogens is 2. The summed E-state index contributed by atoms with van der Waals surface area (Å²) in [6.45, 7) is 0. The molecule has 0 saturated carbocycles. The molecule has 0 radical (unpaired) electrons. The third-order valence-corrected chi connectivity index (χ3v) is 3.33. The molecule has 0 aliphatic carbocycles. The van der Waals surface area contributed by atoms with Crippen molar-refractivity contribution >= 4 is 17.7 Å². The lowest BCUT2D eigenvalue weighted by Gasteiger charge is -2.03. The van der Waals surface area contributed by atoms with Gasteiger partial charge >= 0.3 is 5.97 Å². The number of rotatable bonds is 4. The average Bonchev–Trinajstić information content (AvgIpc) is 2.40. The normalized spacial score (nSPS) is 10.4. The van der Waals surface area contributed by atoms with Gasteiger partial charge in [-0.15, -0.1) is 11.8 Å². The molecule has 0 spiro atoms. The van der Waals surface area contributed by atoms with Crippen LogP contribution in [0.15, 0.2) is 41.3 Å². The van der Waals surface area contributed by atoms with E-state index in [9.17, 15) is 13.6 Å². The van der Waals surface area contributed by atoms with Gasteiger partial charge in [-0.2, -0.15) is 0 Å². The Morgan fingerprint density at radius 1 is 1.21 bits per heavy atom. The van der Waals surface area contributed by atoms with Gasteiger partial charge in [-0.05, 0) is 30.3 Å². The van der Waals surface area contributed by atoms with Crippen LogP contribution in [0.5, 0.6) is 0 Å². The molecule has 0 fully saturated rings. The number of carbonyl (C=O) groups is 1. The van der Waals surface area contributed by atoms with Crippen LogP contribution < -0.4 is 0 Å². The van der Waals surface area contributed by atoms with Crippen LogP contribution >= 0.6 is 11.8 Å². The second-order valence-electron chi connectivity index (χ2n) is 3.68. The molecule has 3 nitrogen and oxygen atoms in total. The van der Waals surface area contributed by atoms with Crippen LogP contribution in [0.25, 0.3) is 0 Å². The van der Waals surface area contributed by atoms with Crippen LogP contribution in [0.4, 0.5) is 8.78 Å². The van der Waals surface area contributed by atoms with Gasteiger partial charge in [-0.1, -0.05) is 6.07 Å². The summed E-state index contributed by atoms with van der Waals surface area (Å²) in [4.78, 5) is 15.2. The highest BCUT2D eigenvalue weighted by atomic mass is 32.2. The molecule has 1 heterocycles. The van der Waals surface area contributed by atoms with Crippen LogP contribution in [-0.2, 0) is 5.75 Å². The lowest BCUT2D eigenvalue weighted by Crippen LogP contribution is -2.01. The van der Waals surface area contributed by atoms with Crippen LogP contribution in [0.3, 0.4) is 0 Å². The molecule has 1 aromatic heterocycles. The van der Waals surface area contributed by atoms with Gasteiger partial charge in [0.15, 0.2) is 11.6 Å². The molecule has 0 aliphatic rings. The number of hydrogen-bond acceptors (Lipinski definition) is 3. The molecule has 0 atom stereocenters. The van der Waals surface area contributed by atoms with Crippen molar-refractivity contribution in [2.24, 2.45) is 0 Å². The smallest absolute Gasteiger partial charge is 0.354 e. The molecule has 2 aromatic rings. The summed E-state index contributed by atoms with van der Waals surface area (Å²) in [7, 11) is 0. The van der Waals surface area contributed by atoms with E-state index >= 15 is 0 Å². The van der Waals surface area contributed by atoms with Crippen molar-refractivity contribution in [3.63, 3.8) is 0 Å². The molecular formula is C13H9F2NO2S. The summed E-state index contributed by atoms with van der Waals surface area (Å²) in [5, 5.41) is 8.80. The first-order chi connectivity index (χ1) is 9.06. The standard InChI is InChI=1S/C13H9F2NO2S/c14-10-5-4-9(6-11(10)15)19-7-8-2-1-3-12(16-8)13(17)18/h1-6H,7H2,(H,17,18). The quantitative estimate of drug-likeness (QED) is 0.873. The molecule has 0 aliphatic heterocycles. The Morgan fingerprint density at radius 2 is 2.00 bits per heavy atom. The van der Waals surface area contributed by atoms with E-state index in [2.05, 4.69) is 4.98 Å². The number of aromatic carboxylic acids is 1. The van der Waals surface area contributed by atoms with Crippen LogP contribution in [0.1, 0.15) is 16.2 Å². The Kier molecular flexibility index (Phi) is 4.11. The van der Waals surface area contributed by atoms with E-state index in [-0.39, 0.29) is 5.69 Å². The van der Waals surface area contributed by atoms with Gasteiger partial charge in [0.25, 0.3) is 0 Å². The third-order valence-electron chi connectivity index (χ3n) is 2.30. The number of carboxylic acids is 1.